The average molecular weight is 224 g/mol. The third-order valence-electron chi connectivity index (χ3n) is 4.80. The van der Waals surface area contributed by atoms with Gasteiger partial charge in [-0.3, -0.25) is 0 Å². The fraction of sp³-hybridized carbons (Fsp3) is 1.00. The Morgan fingerprint density at radius 3 is 2.44 bits per heavy atom. The van der Waals surface area contributed by atoms with Crippen LogP contribution in [-0.2, 0) is 0 Å². The first-order valence-corrected chi connectivity index (χ1v) is 7.63. The van der Waals surface area contributed by atoms with E-state index >= 15 is 0 Å². The highest BCUT2D eigenvalue weighted by molar-refractivity contribution is 4.75. The lowest BCUT2D eigenvalue weighted by Gasteiger charge is -2.32. The van der Waals surface area contributed by atoms with Crippen LogP contribution >= 0.6 is 0 Å². The molecule has 1 fully saturated rings. The van der Waals surface area contributed by atoms with Gasteiger partial charge in [-0.1, -0.05) is 72.6 Å². The van der Waals surface area contributed by atoms with E-state index in [2.05, 4.69) is 27.7 Å². The van der Waals surface area contributed by atoms with Crippen LogP contribution in [0.4, 0.5) is 0 Å². The highest BCUT2D eigenvalue weighted by Gasteiger charge is 2.23. The molecule has 1 aliphatic rings. The Labute approximate surface area is 103 Å². The molecule has 0 heterocycles. The molecular weight excluding hydrogens is 192 g/mol. The van der Waals surface area contributed by atoms with E-state index in [1.165, 1.54) is 51.4 Å². The van der Waals surface area contributed by atoms with Gasteiger partial charge < -0.3 is 0 Å². The van der Waals surface area contributed by atoms with Gasteiger partial charge in [-0.25, -0.2) is 0 Å². The van der Waals surface area contributed by atoms with E-state index in [1.807, 2.05) is 0 Å². The normalized spacial score (nSPS) is 32.6. The summed E-state index contributed by atoms with van der Waals surface area (Å²) in [5, 5.41) is 0. The Morgan fingerprint density at radius 2 is 1.81 bits per heavy atom. The lowest BCUT2D eigenvalue weighted by atomic mass is 9.74. The smallest absolute Gasteiger partial charge is 0.0412 e. The van der Waals surface area contributed by atoms with E-state index in [0.717, 1.165) is 23.7 Å². The van der Waals surface area contributed by atoms with Gasteiger partial charge >= 0.3 is 0 Å². The van der Waals surface area contributed by atoms with Crippen LogP contribution in [0, 0.1) is 23.7 Å². The van der Waals surface area contributed by atoms with E-state index in [1.54, 1.807) is 0 Å². The zero-order valence-electron chi connectivity index (χ0n) is 12.0. The summed E-state index contributed by atoms with van der Waals surface area (Å²) in [5.74, 6) is 3.98. The minimum Gasteiger partial charge on any atom is -0.0654 e. The van der Waals surface area contributed by atoms with E-state index in [9.17, 15) is 0 Å². The summed E-state index contributed by atoms with van der Waals surface area (Å²) in [7, 11) is 0. The molecule has 0 aliphatic heterocycles. The van der Waals surface area contributed by atoms with Crippen LogP contribution in [0.1, 0.15) is 79.1 Å². The molecule has 0 radical (unpaired) electrons. The number of rotatable bonds is 6. The third-order valence-corrected chi connectivity index (χ3v) is 4.80. The third kappa shape index (κ3) is 4.89. The van der Waals surface area contributed by atoms with E-state index in [4.69, 9.17) is 0 Å². The summed E-state index contributed by atoms with van der Waals surface area (Å²) in [6.07, 6.45) is 11.7. The standard InChI is InChI=1S/C16H32/c1-5-7-13(2)8-6-9-16-11-10-14(3)15(4)12-16/h13-16H,5-12H2,1-4H3. The van der Waals surface area contributed by atoms with Crippen molar-refractivity contribution < 1.29 is 0 Å². The van der Waals surface area contributed by atoms with Gasteiger partial charge in [-0.15, -0.1) is 0 Å². The van der Waals surface area contributed by atoms with Crippen LogP contribution in [0.2, 0.25) is 0 Å². The van der Waals surface area contributed by atoms with Crippen molar-refractivity contribution in [2.75, 3.05) is 0 Å². The van der Waals surface area contributed by atoms with Crippen molar-refractivity contribution in [2.45, 2.75) is 79.1 Å². The maximum absolute atomic E-state index is 2.45. The van der Waals surface area contributed by atoms with E-state index < -0.39 is 0 Å². The van der Waals surface area contributed by atoms with Crippen molar-refractivity contribution >= 4 is 0 Å². The van der Waals surface area contributed by atoms with Gasteiger partial charge in [0.05, 0.1) is 0 Å². The van der Waals surface area contributed by atoms with Crippen LogP contribution in [0.3, 0.4) is 0 Å². The molecule has 0 heteroatoms. The van der Waals surface area contributed by atoms with E-state index in [-0.39, 0.29) is 0 Å². The molecule has 0 spiro atoms. The minimum atomic E-state index is 0.963. The molecule has 0 aromatic rings. The number of hydrogen-bond donors (Lipinski definition) is 0. The molecule has 1 rings (SSSR count). The van der Waals surface area contributed by atoms with Gasteiger partial charge in [-0.05, 0) is 30.1 Å². The summed E-state index contributed by atoms with van der Waals surface area (Å²) >= 11 is 0. The molecular formula is C16H32. The predicted molar refractivity (Wildman–Crippen MR) is 73.6 cm³/mol. The van der Waals surface area contributed by atoms with Gasteiger partial charge in [-0.2, -0.15) is 0 Å². The second kappa shape index (κ2) is 7.35. The molecule has 0 aromatic carbocycles. The zero-order valence-corrected chi connectivity index (χ0v) is 12.0. The molecule has 1 aliphatic carbocycles. The Balaban J connectivity index is 2.09. The minimum absolute atomic E-state index is 0.963. The molecule has 0 amide bonds. The van der Waals surface area contributed by atoms with Crippen LogP contribution in [0.25, 0.3) is 0 Å². The second-order valence-electron chi connectivity index (χ2n) is 6.46. The van der Waals surface area contributed by atoms with Crippen molar-refractivity contribution in [3.8, 4) is 0 Å². The first-order chi connectivity index (χ1) is 7.63. The first kappa shape index (κ1) is 14.1. The van der Waals surface area contributed by atoms with Crippen molar-refractivity contribution in [1.82, 2.24) is 0 Å². The summed E-state index contributed by atoms with van der Waals surface area (Å²) in [4.78, 5) is 0. The first-order valence-electron chi connectivity index (χ1n) is 7.63. The Hall–Kier alpha value is 0. The van der Waals surface area contributed by atoms with Gasteiger partial charge in [0.15, 0.2) is 0 Å². The Bertz CT molecular complexity index is 173. The molecule has 4 atom stereocenters. The topological polar surface area (TPSA) is 0 Å². The van der Waals surface area contributed by atoms with Gasteiger partial charge in [0.25, 0.3) is 0 Å². The van der Waals surface area contributed by atoms with Crippen molar-refractivity contribution in [1.29, 1.82) is 0 Å². The van der Waals surface area contributed by atoms with Crippen LogP contribution in [-0.4, -0.2) is 0 Å². The quantitative estimate of drug-likeness (QED) is 0.545. The molecule has 4 unspecified atom stereocenters. The maximum atomic E-state index is 2.45. The summed E-state index contributed by atoms with van der Waals surface area (Å²) in [5.41, 5.74) is 0. The van der Waals surface area contributed by atoms with Crippen molar-refractivity contribution in [3.05, 3.63) is 0 Å². The van der Waals surface area contributed by atoms with Crippen molar-refractivity contribution in [2.24, 2.45) is 23.7 Å². The number of hydrogen-bond acceptors (Lipinski definition) is 0. The fourth-order valence-corrected chi connectivity index (χ4v) is 3.31. The molecule has 0 N–H and O–H groups in total. The summed E-state index contributed by atoms with van der Waals surface area (Å²) < 4.78 is 0. The largest absolute Gasteiger partial charge is 0.0654 e. The molecule has 16 heavy (non-hydrogen) atoms. The molecule has 96 valence electrons. The van der Waals surface area contributed by atoms with E-state index in [0.29, 0.717) is 0 Å². The second-order valence-corrected chi connectivity index (χ2v) is 6.46. The summed E-state index contributed by atoms with van der Waals surface area (Å²) in [6, 6.07) is 0. The van der Waals surface area contributed by atoms with Crippen LogP contribution in [0.5, 0.6) is 0 Å². The van der Waals surface area contributed by atoms with Gasteiger partial charge in [0, 0.05) is 0 Å². The molecule has 0 saturated heterocycles. The maximum Gasteiger partial charge on any atom is -0.0412 e. The molecule has 0 nitrogen and oxygen atoms in total. The SMILES string of the molecule is CCCC(C)CCCC1CCC(C)C(C)C1. The fourth-order valence-electron chi connectivity index (χ4n) is 3.31. The van der Waals surface area contributed by atoms with Crippen LogP contribution < -0.4 is 0 Å². The monoisotopic (exact) mass is 224 g/mol. The molecule has 0 aromatic heterocycles. The molecule has 1 saturated carbocycles. The van der Waals surface area contributed by atoms with Gasteiger partial charge in [0.1, 0.15) is 0 Å². The Morgan fingerprint density at radius 1 is 1.06 bits per heavy atom. The highest BCUT2D eigenvalue weighted by Crippen LogP contribution is 2.36. The Kier molecular flexibility index (Phi) is 6.46. The summed E-state index contributed by atoms with van der Waals surface area (Å²) in [6.45, 7) is 9.62. The zero-order chi connectivity index (χ0) is 12.0. The van der Waals surface area contributed by atoms with Crippen LogP contribution in [0.15, 0.2) is 0 Å². The highest BCUT2D eigenvalue weighted by atomic mass is 14.3. The lowest BCUT2D eigenvalue weighted by molar-refractivity contribution is 0.195. The van der Waals surface area contributed by atoms with Gasteiger partial charge in [0.2, 0.25) is 0 Å². The molecule has 0 bridgehead atoms. The average Bonchev–Trinajstić information content (AvgIpc) is 2.24. The lowest BCUT2D eigenvalue weighted by Crippen LogP contribution is -2.20. The predicted octanol–water partition coefficient (Wildman–Crippen LogP) is 5.67. The van der Waals surface area contributed by atoms with Crippen molar-refractivity contribution in [3.63, 3.8) is 0 Å².